The topological polar surface area (TPSA) is 101 Å². The van der Waals surface area contributed by atoms with E-state index in [-0.39, 0.29) is 18.0 Å². The predicted octanol–water partition coefficient (Wildman–Crippen LogP) is 1.11. The Hall–Kier alpha value is -1.03. The summed E-state index contributed by atoms with van der Waals surface area (Å²) in [5.41, 5.74) is -0.468. The molecule has 104 valence electrons. The van der Waals surface area contributed by atoms with Gasteiger partial charge in [0.1, 0.15) is 0 Å². The lowest BCUT2D eigenvalue weighted by molar-refractivity contribution is -0.387. The first-order chi connectivity index (χ1) is 8.82. The molecule has 1 saturated heterocycles. The summed E-state index contributed by atoms with van der Waals surface area (Å²) in [6.45, 7) is 0.124. The number of nitro benzene ring substituents is 1. The van der Waals surface area contributed by atoms with E-state index in [1.807, 2.05) is 0 Å². The van der Waals surface area contributed by atoms with Crippen LogP contribution >= 0.6 is 15.9 Å². The number of benzene rings is 1. The number of nitrogens with zero attached hydrogens (tertiary/aromatic N) is 2. The number of rotatable bonds is 3. The standard InChI is InChI=1S/C10H11BrN2O5S/c11-7-1-2-9(13(15)16)10(5-7)19(17,18)12-4-3-8(14)6-12/h1-2,5,8,14H,3-4,6H2/t8-/m1/s1. The van der Waals surface area contributed by atoms with Crippen molar-refractivity contribution in [2.24, 2.45) is 0 Å². The molecule has 19 heavy (non-hydrogen) atoms. The van der Waals surface area contributed by atoms with E-state index in [4.69, 9.17) is 0 Å². The van der Waals surface area contributed by atoms with Gasteiger partial charge in [-0.05, 0) is 18.6 Å². The van der Waals surface area contributed by atoms with Crippen molar-refractivity contribution in [3.05, 3.63) is 32.8 Å². The molecule has 7 nitrogen and oxygen atoms in total. The van der Waals surface area contributed by atoms with Gasteiger partial charge >= 0.3 is 0 Å². The molecule has 1 heterocycles. The highest BCUT2D eigenvalue weighted by Gasteiger charge is 2.36. The molecule has 0 spiro atoms. The van der Waals surface area contributed by atoms with Crippen molar-refractivity contribution in [3.8, 4) is 0 Å². The summed E-state index contributed by atoms with van der Waals surface area (Å²) >= 11 is 3.10. The van der Waals surface area contributed by atoms with E-state index in [0.717, 1.165) is 10.4 Å². The normalized spacial score (nSPS) is 20.6. The van der Waals surface area contributed by atoms with E-state index in [0.29, 0.717) is 10.9 Å². The van der Waals surface area contributed by atoms with Gasteiger partial charge in [0.15, 0.2) is 4.90 Å². The molecule has 0 saturated carbocycles. The van der Waals surface area contributed by atoms with Crippen LogP contribution in [0.2, 0.25) is 0 Å². The van der Waals surface area contributed by atoms with Crippen molar-refractivity contribution >= 4 is 31.6 Å². The number of hydrogen-bond acceptors (Lipinski definition) is 5. The Morgan fingerprint density at radius 2 is 2.16 bits per heavy atom. The van der Waals surface area contributed by atoms with Gasteiger partial charge in [-0.2, -0.15) is 4.31 Å². The maximum absolute atomic E-state index is 12.3. The zero-order valence-electron chi connectivity index (χ0n) is 9.69. The third-order valence-electron chi connectivity index (χ3n) is 2.86. The third-order valence-corrected chi connectivity index (χ3v) is 5.25. The Labute approximate surface area is 118 Å². The summed E-state index contributed by atoms with van der Waals surface area (Å²) in [5, 5.41) is 20.3. The number of aliphatic hydroxyl groups excluding tert-OH is 1. The zero-order valence-corrected chi connectivity index (χ0v) is 12.1. The molecule has 0 aromatic heterocycles. The second kappa shape index (κ2) is 5.16. The largest absolute Gasteiger partial charge is 0.392 e. The molecule has 0 amide bonds. The molecule has 1 aromatic carbocycles. The van der Waals surface area contributed by atoms with Crippen molar-refractivity contribution in [2.75, 3.05) is 13.1 Å². The van der Waals surface area contributed by atoms with Crippen molar-refractivity contribution in [2.45, 2.75) is 17.4 Å². The molecular weight excluding hydrogens is 340 g/mol. The highest BCUT2D eigenvalue weighted by molar-refractivity contribution is 9.10. The number of hydrogen-bond donors (Lipinski definition) is 1. The quantitative estimate of drug-likeness (QED) is 0.650. The van der Waals surface area contributed by atoms with Crippen molar-refractivity contribution in [1.29, 1.82) is 0 Å². The van der Waals surface area contributed by atoms with Crippen LogP contribution < -0.4 is 0 Å². The molecule has 2 rings (SSSR count). The van der Waals surface area contributed by atoms with Crippen LogP contribution in [0.3, 0.4) is 0 Å². The van der Waals surface area contributed by atoms with Gasteiger partial charge in [0.05, 0.1) is 11.0 Å². The maximum Gasteiger partial charge on any atom is 0.289 e. The summed E-state index contributed by atoms with van der Waals surface area (Å²) in [4.78, 5) is 9.83. The molecule has 1 atom stereocenters. The molecular formula is C10H11BrN2O5S. The fourth-order valence-corrected chi connectivity index (χ4v) is 4.10. The van der Waals surface area contributed by atoms with Crippen LogP contribution in [-0.2, 0) is 10.0 Å². The molecule has 9 heteroatoms. The molecule has 1 aromatic rings. The second-order valence-electron chi connectivity index (χ2n) is 4.17. The minimum atomic E-state index is -3.97. The van der Waals surface area contributed by atoms with Gasteiger partial charge in [-0.25, -0.2) is 8.42 Å². The van der Waals surface area contributed by atoms with Crippen molar-refractivity contribution in [3.63, 3.8) is 0 Å². The summed E-state index contributed by atoms with van der Waals surface area (Å²) < 4.78 is 26.2. The van der Waals surface area contributed by atoms with E-state index < -0.39 is 26.7 Å². The Bertz CT molecular complexity index is 618. The Balaban J connectivity index is 2.51. The maximum atomic E-state index is 12.3. The first kappa shape index (κ1) is 14.4. The lowest BCUT2D eigenvalue weighted by atomic mass is 10.3. The van der Waals surface area contributed by atoms with Crippen LogP contribution in [-0.4, -0.2) is 41.9 Å². The molecule has 1 aliphatic rings. The van der Waals surface area contributed by atoms with Gasteiger partial charge in [-0.1, -0.05) is 15.9 Å². The van der Waals surface area contributed by atoms with Crippen LogP contribution in [0.5, 0.6) is 0 Å². The predicted molar refractivity (Wildman–Crippen MR) is 70.2 cm³/mol. The van der Waals surface area contributed by atoms with Crippen LogP contribution in [0.1, 0.15) is 6.42 Å². The summed E-state index contributed by atoms with van der Waals surface area (Å²) in [7, 11) is -3.97. The minimum Gasteiger partial charge on any atom is -0.392 e. The number of nitro groups is 1. The van der Waals surface area contributed by atoms with E-state index in [2.05, 4.69) is 15.9 Å². The van der Waals surface area contributed by atoms with E-state index in [1.165, 1.54) is 12.1 Å². The first-order valence-corrected chi connectivity index (χ1v) is 7.68. The Morgan fingerprint density at radius 1 is 1.47 bits per heavy atom. The van der Waals surface area contributed by atoms with Gasteiger partial charge in [-0.3, -0.25) is 10.1 Å². The van der Waals surface area contributed by atoms with Crippen molar-refractivity contribution in [1.82, 2.24) is 4.31 Å². The lowest BCUT2D eigenvalue weighted by Gasteiger charge is -2.15. The summed E-state index contributed by atoms with van der Waals surface area (Å²) in [6.07, 6.45) is -0.387. The molecule has 0 unspecified atom stereocenters. The minimum absolute atomic E-state index is 0.0357. The summed E-state index contributed by atoms with van der Waals surface area (Å²) in [5.74, 6) is 0. The van der Waals surface area contributed by atoms with Gasteiger partial charge in [0, 0.05) is 23.6 Å². The fraction of sp³-hybridized carbons (Fsp3) is 0.400. The Morgan fingerprint density at radius 3 is 2.68 bits per heavy atom. The van der Waals surface area contributed by atoms with Crippen LogP contribution in [0.25, 0.3) is 0 Å². The molecule has 1 N–H and O–H groups in total. The van der Waals surface area contributed by atoms with E-state index >= 15 is 0 Å². The SMILES string of the molecule is O=[N+]([O-])c1ccc(Br)cc1S(=O)(=O)N1CC[C@@H](O)C1. The monoisotopic (exact) mass is 350 g/mol. The Kier molecular flexibility index (Phi) is 3.90. The lowest BCUT2D eigenvalue weighted by Crippen LogP contribution is -2.30. The van der Waals surface area contributed by atoms with Gasteiger partial charge in [0.2, 0.25) is 10.0 Å². The van der Waals surface area contributed by atoms with Crippen molar-refractivity contribution < 1.29 is 18.4 Å². The summed E-state index contributed by atoms with van der Waals surface area (Å²) in [6, 6.07) is 3.76. The number of halogens is 1. The highest BCUT2D eigenvalue weighted by Crippen LogP contribution is 2.31. The van der Waals surface area contributed by atoms with Gasteiger partial charge in [0.25, 0.3) is 5.69 Å². The number of sulfonamides is 1. The molecule has 1 fully saturated rings. The molecule has 0 bridgehead atoms. The van der Waals surface area contributed by atoms with Crippen LogP contribution in [0.4, 0.5) is 5.69 Å². The highest BCUT2D eigenvalue weighted by atomic mass is 79.9. The number of β-amino-alcohol motifs (C(OH)–C–C–N with tert-alkyl or cyclic N) is 1. The van der Waals surface area contributed by atoms with E-state index in [1.54, 1.807) is 0 Å². The fourth-order valence-electron chi connectivity index (χ4n) is 1.91. The smallest absolute Gasteiger partial charge is 0.289 e. The third kappa shape index (κ3) is 2.78. The molecule has 1 aliphatic heterocycles. The van der Waals surface area contributed by atoms with E-state index in [9.17, 15) is 23.6 Å². The average Bonchev–Trinajstić information content (AvgIpc) is 2.76. The number of aliphatic hydroxyl groups is 1. The van der Waals surface area contributed by atoms with Crippen LogP contribution in [0, 0.1) is 10.1 Å². The second-order valence-corrected chi connectivity index (χ2v) is 7.00. The first-order valence-electron chi connectivity index (χ1n) is 5.44. The molecule has 0 aliphatic carbocycles. The zero-order chi connectivity index (χ0) is 14.2. The van der Waals surface area contributed by atoms with Gasteiger partial charge in [-0.15, -0.1) is 0 Å². The molecule has 0 radical (unpaired) electrons. The average molecular weight is 351 g/mol. The van der Waals surface area contributed by atoms with Crippen LogP contribution in [0.15, 0.2) is 27.6 Å². The van der Waals surface area contributed by atoms with Gasteiger partial charge < -0.3 is 5.11 Å².